The van der Waals surface area contributed by atoms with Crippen molar-refractivity contribution in [1.29, 1.82) is 5.26 Å². The molecule has 1 heterocycles. The molecule has 0 saturated heterocycles. The molecule has 214 valence electrons. The van der Waals surface area contributed by atoms with E-state index in [0.717, 1.165) is 31.2 Å². The van der Waals surface area contributed by atoms with E-state index < -0.39 is 17.0 Å². The normalized spacial score (nSPS) is 24.4. The third kappa shape index (κ3) is 6.51. The van der Waals surface area contributed by atoms with Crippen LogP contribution < -0.4 is 15.4 Å². The van der Waals surface area contributed by atoms with Crippen LogP contribution in [0.5, 0.6) is 5.75 Å². The van der Waals surface area contributed by atoms with E-state index in [1.807, 2.05) is 6.07 Å². The standard InChI is InChI=1S/C30H37ClN4O5/c1-29(2,39)17-30(22-12-19(14-32)6-9-24(22)40-3)11-10-25(30)35-26-23(31)13-21(16-33-26)27(36)34-15-18-4-7-20(8-5-18)28(37)38/h6,9,12-13,16,18,20,25,39H,4-5,7-8,10-11,15,17H2,1-3H3,(H,33,35)(H,34,36)(H,37,38)/t18?,20?,25?,30-/m0/s1. The van der Waals surface area contributed by atoms with Crippen molar-refractivity contribution in [3.8, 4) is 11.8 Å². The number of carbonyl (C=O) groups excluding carboxylic acids is 1. The van der Waals surface area contributed by atoms with Gasteiger partial charge in [-0.3, -0.25) is 9.59 Å². The summed E-state index contributed by atoms with van der Waals surface area (Å²) >= 11 is 6.59. The fourth-order valence-electron chi connectivity index (χ4n) is 6.20. The first kappa shape index (κ1) is 29.6. The molecule has 10 heteroatoms. The second kappa shape index (κ2) is 12.0. The monoisotopic (exact) mass is 568 g/mol. The third-order valence-electron chi connectivity index (χ3n) is 8.32. The van der Waals surface area contributed by atoms with Crippen LogP contribution in [0.3, 0.4) is 0 Å². The minimum atomic E-state index is -0.986. The number of carboxylic acids is 1. The minimum absolute atomic E-state index is 0.146. The molecule has 0 aliphatic heterocycles. The summed E-state index contributed by atoms with van der Waals surface area (Å²) in [4.78, 5) is 28.4. The van der Waals surface area contributed by atoms with E-state index in [1.54, 1.807) is 39.2 Å². The van der Waals surface area contributed by atoms with Gasteiger partial charge < -0.3 is 25.6 Å². The molecular formula is C30H37ClN4O5. The number of pyridine rings is 1. The molecule has 1 aromatic heterocycles. The molecular weight excluding hydrogens is 532 g/mol. The zero-order chi connectivity index (χ0) is 29.1. The van der Waals surface area contributed by atoms with Crippen LogP contribution in [-0.4, -0.2) is 52.4 Å². The van der Waals surface area contributed by atoms with Crippen LogP contribution >= 0.6 is 11.6 Å². The third-order valence-corrected chi connectivity index (χ3v) is 8.61. The van der Waals surface area contributed by atoms with Gasteiger partial charge in [0.1, 0.15) is 11.6 Å². The number of benzene rings is 1. The van der Waals surface area contributed by atoms with Crippen molar-refractivity contribution < 1.29 is 24.5 Å². The maximum absolute atomic E-state index is 12.8. The van der Waals surface area contributed by atoms with E-state index in [4.69, 9.17) is 16.3 Å². The zero-order valence-electron chi connectivity index (χ0n) is 23.2. The van der Waals surface area contributed by atoms with Crippen LogP contribution in [0.1, 0.15) is 80.3 Å². The Morgan fingerprint density at radius 2 is 1.95 bits per heavy atom. The number of hydrogen-bond acceptors (Lipinski definition) is 7. The zero-order valence-corrected chi connectivity index (χ0v) is 23.9. The van der Waals surface area contributed by atoms with Crippen molar-refractivity contribution in [2.45, 2.75) is 75.9 Å². The van der Waals surface area contributed by atoms with Crippen molar-refractivity contribution in [2.75, 3.05) is 19.0 Å². The number of anilines is 1. The lowest BCUT2D eigenvalue weighted by Crippen LogP contribution is -2.56. The Hall–Kier alpha value is -3.35. The number of carbonyl (C=O) groups is 2. The first-order chi connectivity index (χ1) is 19.0. The predicted molar refractivity (Wildman–Crippen MR) is 152 cm³/mol. The summed E-state index contributed by atoms with van der Waals surface area (Å²) in [6.07, 6.45) is 6.28. The number of nitrogens with zero attached hydrogens (tertiary/aromatic N) is 2. The van der Waals surface area contributed by atoms with Crippen molar-refractivity contribution in [2.24, 2.45) is 11.8 Å². The van der Waals surface area contributed by atoms with Crippen LogP contribution in [0, 0.1) is 23.2 Å². The highest BCUT2D eigenvalue weighted by Gasteiger charge is 2.52. The average molecular weight is 569 g/mol. The number of rotatable bonds is 10. The second-order valence-corrected chi connectivity index (χ2v) is 12.1. The molecule has 2 aliphatic carbocycles. The highest BCUT2D eigenvalue weighted by atomic mass is 35.5. The Morgan fingerprint density at radius 1 is 1.23 bits per heavy atom. The molecule has 0 bridgehead atoms. The highest BCUT2D eigenvalue weighted by molar-refractivity contribution is 6.33. The van der Waals surface area contributed by atoms with Crippen LogP contribution in [0.25, 0.3) is 0 Å². The van der Waals surface area contributed by atoms with Crippen molar-refractivity contribution in [1.82, 2.24) is 10.3 Å². The van der Waals surface area contributed by atoms with Crippen LogP contribution in [0.15, 0.2) is 30.5 Å². The second-order valence-electron chi connectivity index (χ2n) is 11.7. The van der Waals surface area contributed by atoms with Gasteiger partial charge in [-0.05, 0) is 89.0 Å². The SMILES string of the molecule is COc1ccc(C#N)cc1[C@@]1(CC(C)(C)O)CCC1Nc1ncc(C(=O)NCC2CCC(C(=O)O)CC2)cc1Cl. The van der Waals surface area contributed by atoms with Gasteiger partial charge in [0.2, 0.25) is 0 Å². The molecule has 4 N–H and O–H groups in total. The number of aliphatic carboxylic acids is 1. The lowest BCUT2D eigenvalue weighted by atomic mass is 9.56. The van der Waals surface area contributed by atoms with Crippen molar-refractivity contribution in [3.63, 3.8) is 0 Å². The summed E-state index contributed by atoms with van der Waals surface area (Å²) in [6.45, 7) is 4.01. The van der Waals surface area contributed by atoms with Gasteiger partial charge in [0.05, 0.1) is 40.8 Å². The molecule has 1 amide bonds. The Balaban J connectivity index is 1.48. The van der Waals surface area contributed by atoms with Crippen LogP contribution in [0.4, 0.5) is 5.82 Å². The van der Waals surface area contributed by atoms with Gasteiger partial charge in [-0.25, -0.2) is 4.98 Å². The fraction of sp³-hybridized carbons (Fsp3) is 0.533. The number of hydrogen-bond donors (Lipinski definition) is 4. The molecule has 1 unspecified atom stereocenters. The fourth-order valence-corrected chi connectivity index (χ4v) is 6.42. The van der Waals surface area contributed by atoms with E-state index in [9.17, 15) is 25.1 Å². The molecule has 2 fully saturated rings. The Kier molecular flexibility index (Phi) is 8.91. The van der Waals surface area contributed by atoms with Crippen LogP contribution in [-0.2, 0) is 10.2 Å². The number of aromatic nitrogens is 1. The average Bonchev–Trinajstić information content (AvgIpc) is 2.92. The smallest absolute Gasteiger partial charge is 0.306 e. The molecule has 40 heavy (non-hydrogen) atoms. The summed E-state index contributed by atoms with van der Waals surface area (Å²) in [5, 5.41) is 36.2. The number of carboxylic acid groups (broad SMARTS) is 1. The predicted octanol–water partition coefficient (Wildman–Crippen LogP) is 4.91. The molecule has 9 nitrogen and oxygen atoms in total. The van der Waals surface area contributed by atoms with Crippen molar-refractivity contribution in [3.05, 3.63) is 52.2 Å². The van der Waals surface area contributed by atoms with Crippen LogP contribution in [0.2, 0.25) is 5.02 Å². The summed E-state index contributed by atoms with van der Waals surface area (Å²) < 4.78 is 5.66. The lowest BCUT2D eigenvalue weighted by molar-refractivity contribution is -0.143. The van der Waals surface area contributed by atoms with Crippen molar-refractivity contribution >= 4 is 29.3 Å². The quantitative estimate of drug-likeness (QED) is 0.316. The summed E-state index contributed by atoms with van der Waals surface area (Å²) in [5.74, 6) is 0.0280. The number of nitriles is 1. The maximum atomic E-state index is 12.8. The van der Waals surface area contributed by atoms with Gasteiger partial charge >= 0.3 is 5.97 Å². The van der Waals surface area contributed by atoms with Gasteiger partial charge in [0, 0.05) is 29.8 Å². The van der Waals surface area contributed by atoms with Gasteiger partial charge in [0.25, 0.3) is 5.91 Å². The van der Waals surface area contributed by atoms with Gasteiger partial charge in [-0.1, -0.05) is 11.6 Å². The first-order valence-corrected chi connectivity index (χ1v) is 14.1. The topological polar surface area (TPSA) is 145 Å². The molecule has 0 radical (unpaired) electrons. The largest absolute Gasteiger partial charge is 0.496 e. The molecule has 2 atom stereocenters. The van der Waals surface area contributed by atoms with Gasteiger partial charge in [-0.2, -0.15) is 5.26 Å². The molecule has 2 aromatic rings. The van der Waals surface area contributed by atoms with E-state index in [0.29, 0.717) is 53.5 Å². The summed E-state index contributed by atoms with van der Waals surface area (Å²) in [6, 6.07) is 8.96. The molecule has 2 saturated carbocycles. The first-order valence-electron chi connectivity index (χ1n) is 13.7. The van der Waals surface area contributed by atoms with Gasteiger partial charge in [-0.15, -0.1) is 0 Å². The molecule has 0 spiro atoms. The number of ether oxygens (including phenoxy) is 1. The maximum Gasteiger partial charge on any atom is 0.306 e. The Labute approximate surface area is 239 Å². The molecule has 1 aromatic carbocycles. The Morgan fingerprint density at radius 3 is 2.50 bits per heavy atom. The molecule has 4 rings (SSSR count). The lowest BCUT2D eigenvalue weighted by Gasteiger charge is -2.53. The van der Waals surface area contributed by atoms with Gasteiger partial charge in [0.15, 0.2) is 0 Å². The number of methoxy groups -OCH3 is 1. The Bertz CT molecular complexity index is 1300. The summed E-state index contributed by atoms with van der Waals surface area (Å²) in [7, 11) is 1.59. The van der Waals surface area contributed by atoms with E-state index >= 15 is 0 Å². The molecule has 2 aliphatic rings. The van der Waals surface area contributed by atoms with E-state index in [2.05, 4.69) is 21.7 Å². The number of aliphatic hydroxyl groups is 1. The number of nitrogens with one attached hydrogen (secondary N) is 2. The highest BCUT2D eigenvalue weighted by Crippen LogP contribution is 2.53. The van der Waals surface area contributed by atoms with E-state index in [-0.39, 0.29) is 23.8 Å². The number of amides is 1. The number of halogens is 1. The minimum Gasteiger partial charge on any atom is -0.496 e. The van der Waals surface area contributed by atoms with E-state index in [1.165, 1.54) is 6.20 Å². The summed E-state index contributed by atoms with van der Waals surface area (Å²) in [5.41, 5.74) is 0.189.